The van der Waals surface area contributed by atoms with E-state index in [4.69, 9.17) is 0 Å². The first-order chi connectivity index (χ1) is 15.0. The van der Waals surface area contributed by atoms with Crippen LogP contribution in [0.1, 0.15) is 24.8 Å². The van der Waals surface area contributed by atoms with E-state index >= 15 is 4.39 Å². The van der Waals surface area contributed by atoms with Crippen LogP contribution in [0, 0.1) is 11.7 Å². The van der Waals surface area contributed by atoms with Gasteiger partial charge in [0.05, 0.1) is 0 Å². The third-order valence-corrected chi connectivity index (χ3v) is 6.89. The molecule has 4 rings (SSSR count). The molecule has 0 unspecified atom stereocenters. The Hall–Kier alpha value is -2.45. The highest BCUT2D eigenvalue weighted by atomic mass is 32.2. The summed E-state index contributed by atoms with van der Waals surface area (Å²) in [6.07, 6.45) is 2.85. The van der Waals surface area contributed by atoms with E-state index in [1.165, 1.54) is 0 Å². The number of amides is 2. The molecule has 2 aliphatic rings. The lowest BCUT2D eigenvalue weighted by Gasteiger charge is -2.38. The van der Waals surface area contributed by atoms with Crippen LogP contribution in [0.15, 0.2) is 48.5 Å². The molecule has 2 aliphatic heterocycles. The average Bonchev–Trinajstić information content (AvgIpc) is 3.11. The summed E-state index contributed by atoms with van der Waals surface area (Å²) < 4.78 is 39.7. The van der Waals surface area contributed by atoms with Crippen LogP contribution in [0.2, 0.25) is 0 Å². The van der Waals surface area contributed by atoms with Gasteiger partial charge in [0.1, 0.15) is 5.82 Å². The number of hydrogen-bond acceptors (Lipinski definition) is 3. The van der Waals surface area contributed by atoms with Gasteiger partial charge in [0.2, 0.25) is 10.9 Å². The molecule has 2 amide bonds. The molecule has 0 spiro atoms. The van der Waals surface area contributed by atoms with Crippen molar-refractivity contribution in [3.05, 3.63) is 59.9 Å². The molecule has 2 fully saturated rings. The van der Waals surface area contributed by atoms with Gasteiger partial charge in [0.25, 0.3) is 0 Å². The minimum absolute atomic E-state index is 0.0150. The Morgan fingerprint density at radius 2 is 1.84 bits per heavy atom. The molecule has 0 aliphatic carbocycles. The molecule has 2 aromatic carbocycles. The summed E-state index contributed by atoms with van der Waals surface area (Å²) in [5, 5.41) is 0. The number of carbonyl (C=O) groups is 1. The topological polar surface area (TPSA) is 69.7 Å². The number of nitrogens with one attached hydrogen (secondary N) is 1. The molecule has 0 saturated carbocycles. The molecule has 31 heavy (non-hydrogen) atoms. The number of carbonyl (C=O) groups excluding carboxylic acids is 1. The largest absolute Gasteiger partial charge is 0.325 e. The second-order valence-corrected chi connectivity index (χ2v) is 9.07. The quantitative estimate of drug-likeness (QED) is 0.644. The van der Waals surface area contributed by atoms with Gasteiger partial charge in [-0.1, -0.05) is 48.5 Å². The number of rotatable bonds is 7. The lowest BCUT2D eigenvalue weighted by Crippen LogP contribution is -2.52. The normalized spacial score (nSPS) is 20.8. The van der Waals surface area contributed by atoms with E-state index in [0.29, 0.717) is 37.1 Å². The third kappa shape index (κ3) is 4.91. The summed E-state index contributed by atoms with van der Waals surface area (Å²) in [4.78, 5) is 16.7. The fourth-order valence-electron chi connectivity index (χ4n) is 4.60. The van der Waals surface area contributed by atoms with Gasteiger partial charge < -0.3 is 9.80 Å². The Balaban J connectivity index is 1.57. The fraction of sp³-hybridized carbons (Fsp3) is 0.435. The number of thiol groups is 1. The van der Waals surface area contributed by atoms with E-state index in [2.05, 4.69) is 4.72 Å². The van der Waals surface area contributed by atoms with Crippen LogP contribution in [0.25, 0.3) is 11.1 Å². The van der Waals surface area contributed by atoms with Crippen molar-refractivity contribution >= 4 is 16.9 Å². The van der Waals surface area contributed by atoms with Gasteiger partial charge in [-0.25, -0.2) is 22.3 Å². The van der Waals surface area contributed by atoms with Crippen LogP contribution in [0.4, 0.5) is 9.18 Å². The smallest absolute Gasteiger partial charge is 0.320 e. The van der Waals surface area contributed by atoms with Gasteiger partial charge in [-0.05, 0) is 42.7 Å². The summed E-state index contributed by atoms with van der Waals surface area (Å²) in [5.74, 6) is -0.135. The lowest BCUT2D eigenvalue weighted by molar-refractivity contribution is 0.117. The van der Waals surface area contributed by atoms with Gasteiger partial charge in [0, 0.05) is 37.8 Å². The summed E-state index contributed by atoms with van der Waals surface area (Å²) >= 11 is 0. The van der Waals surface area contributed by atoms with Crippen molar-refractivity contribution in [2.45, 2.75) is 31.7 Å². The molecule has 0 aromatic heterocycles. The van der Waals surface area contributed by atoms with Crippen molar-refractivity contribution in [1.29, 1.82) is 0 Å². The third-order valence-electron chi connectivity index (χ3n) is 6.41. The number of urea groups is 1. The number of hydrogen-bond donors (Lipinski definition) is 2. The van der Waals surface area contributed by atoms with E-state index in [1.54, 1.807) is 12.1 Å². The first-order valence-electron chi connectivity index (χ1n) is 10.8. The van der Waals surface area contributed by atoms with Gasteiger partial charge in [-0.3, -0.25) is 0 Å². The van der Waals surface area contributed by atoms with Crippen molar-refractivity contribution in [1.82, 2.24) is 14.5 Å². The molecule has 2 saturated heterocycles. The number of halogens is 1. The lowest BCUT2D eigenvalue weighted by atomic mass is 9.90. The summed E-state index contributed by atoms with van der Waals surface area (Å²) in [7, 11) is -2.64. The maximum atomic E-state index is 15.5. The molecule has 8 heteroatoms. The number of benzene rings is 2. The Labute approximate surface area is 184 Å². The minimum Gasteiger partial charge on any atom is -0.325 e. The van der Waals surface area contributed by atoms with Gasteiger partial charge >= 0.3 is 6.03 Å². The summed E-state index contributed by atoms with van der Waals surface area (Å²) in [6, 6.07) is 14.7. The molecule has 6 nitrogen and oxygen atoms in total. The monoisotopic (exact) mass is 445 g/mol. The molecule has 0 radical (unpaired) electrons. The average molecular weight is 446 g/mol. The summed E-state index contributed by atoms with van der Waals surface area (Å²) in [6.45, 7) is 2.48. The van der Waals surface area contributed by atoms with Crippen molar-refractivity contribution in [2.75, 3.05) is 26.2 Å². The van der Waals surface area contributed by atoms with E-state index < -0.39 is 10.9 Å². The van der Waals surface area contributed by atoms with Crippen molar-refractivity contribution < 1.29 is 17.6 Å². The van der Waals surface area contributed by atoms with Crippen molar-refractivity contribution in [3.8, 4) is 11.1 Å². The predicted octanol–water partition coefficient (Wildman–Crippen LogP) is 3.06. The van der Waals surface area contributed by atoms with Crippen LogP contribution in [-0.2, 0) is 17.3 Å². The number of nitrogens with zero attached hydrogens (tertiary/aromatic N) is 2. The molecule has 2 atom stereocenters. The molecular formula is C23H28FN3O3S. The van der Waals surface area contributed by atoms with Crippen LogP contribution in [-0.4, -0.2) is 56.5 Å². The highest BCUT2D eigenvalue weighted by Gasteiger charge is 2.39. The Bertz CT molecular complexity index is 987. The van der Waals surface area contributed by atoms with Crippen LogP contribution >= 0.6 is 0 Å². The van der Waals surface area contributed by atoms with E-state index in [-0.39, 0.29) is 23.8 Å². The minimum atomic E-state index is -2.64. The van der Waals surface area contributed by atoms with Crippen molar-refractivity contribution in [3.63, 3.8) is 0 Å². The molecular weight excluding hydrogens is 417 g/mol. The zero-order valence-electron chi connectivity index (χ0n) is 17.4. The fourth-order valence-corrected chi connectivity index (χ4v) is 4.91. The molecule has 2 aromatic rings. The predicted molar refractivity (Wildman–Crippen MR) is 119 cm³/mol. The van der Waals surface area contributed by atoms with E-state index in [0.717, 1.165) is 31.5 Å². The summed E-state index contributed by atoms with van der Waals surface area (Å²) in [5.41, 5.74) is 1.96. The van der Waals surface area contributed by atoms with E-state index in [1.807, 2.05) is 46.2 Å². The Morgan fingerprint density at radius 1 is 1.06 bits per heavy atom. The van der Waals surface area contributed by atoms with Gasteiger partial charge in [-0.15, -0.1) is 0 Å². The molecule has 166 valence electrons. The first-order valence-corrected chi connectivity index (χ1v) is 12.0. The molecule has 2 heterocycles. The zero-order valence-corrected chi connectivity index (χ0v) is 18.3. The van der Waals surface area contributed by atoms with Crippen LogP contribution < -0.4 is 4.72 Å². The number of likely N-dealkylation sites (tertiary alicyclic amines) is 2. The van der Waals surface area contributed by atoms with Crippen molar-refractivity contribution in [2.24, 2.45) is 5.92 Å². The SMILES string of the molecule is O=C(N1CCC1)N1CC[C@@H](CCN[SH](=O)=O)[C@@H]1Cc1cccc(-c2ccccc2)c1F. The second-order valence-electron chi connectivity index (χ2n) is 8.24. The standard InChI is InChI=1S/C23H28FN3O3S/c24-22-19(8-4-9-20(22)17-6-2-1-3-7-17)16-21-18(10-12-25-31(29)30)11-15-27(21)23(28)26-13-5-14-26/h1-4,6-9,18,21,31H,5,10-16H2,(H,25,29,30)/t18-,21+/m1/s1. The highest BCUT2D eigenvalue weighted by Crippen LogP contribution is 2.33. The molecule has 0 bridgehead atoms. The highest BCUT2D eigenvalue weighted by molar-refractivity contribution is 7.70. The van der Waals surface area contributed by atoms with Gasteiger partial charge in [-0.2, -0.15) is 0 Å². The van der Waals surface area contributed by atoms with E-state index in [9.17, 15) is 13.2 Å². The zero-order chi connectivity index (χ0) is 21.8. The van der Waals surface area contributed by atoms with Gasteiger partial charge in [0.15, 0.2) is 0 Å². The Morgan fingerprint density at radius 3 is 2.52 bits per heavy atom. The Kier molecular flexibility index (Phi) is 6.87. The first kappa shape index (κ1) is 21.8. The second kappa shape index (κ2) is 9.78. The molecule has 1 N–H and O–H groups in total. The van der Waals surface area contributed by atoms with Crippen LogP contribution in [0.5, 0.6) is 0 Å². The van der Waals surface area contributed by atoms with Crippen LogP contribution in [0.3, 0.4) is 0 Å². The maximum absolute atomic E-state index is 15.5. The maximum Gasteiger partial charge on any atom is 0.320 e.